The van der Waals surface area contributed by atoms with Gasteiger partial charge in [-0.05, 0) is 36.4 Å². The molecule has 0 saturated carbocycles. The number of halogens is 2. The number of hydrogen-bond acceptors (Lipinski definition) is 0. The quantitative estimate of drug-likeness (QED) is 0.356. The van der Waals surface area contributed by atoms with Gasteiger partial charge in [0.25, 0.3) is 0 Å². The number of benzene rings is 2. The molecule has 3 aromatic rings. The predicted octanol–water partition coefficient (Wildman–Crippen LogP) is -1.75. The predicted molar refractivity (Wildman–Crippen MR) is 79.7 cm³/mol. The van der Waals surface area contributed by atoms with Gasteiger partial charge in [-0.2, -0.15) is 6.42 Å². The van der Waals surface area contributed by atoms with Crippen LogP contribution in [0.25, 0.3) is 16.6 Å². The summed E-state index contributed by atoms with van der Waals surface area (Å²) in [6.45, 7) is 2.17. The van der Waals surface area contributed by atoms with Crippen molar-refractivity contribution < 1.29 is 46.5 Å². The summed E-state index contributed by atoms with van der Waals surface area (Å²) in [6.07, 6.45) is 4.57. The number of aryl methyl sites for hydroxylation is 1. The van der Waals surface area contributed by atoms with E-state index in [4.69, 9.17) is 0 Å². The Morgan fingerprint density at radius 3 is 2.41 bits per heavy atom. The summed E-state index contributed by atoms with van der Waals surface area (Å²) in [4.78, 5) is 0. The molecular formula is C18H16Cl2NTi. The first-order valence-corrected chi connectivity index (χ1v) is 6.84. The molecule has 1 aromatic heterocycles. The van der Waals surface area contributed by atoms with Crippen molar-refractivity contribution in [3.8, 4) is 5.69 Å². The van der Waals surface area contributed by atoms with Gasteiger partial charge in [0.2, 0.25) is 0 Å². The van der Waals surface area contributed by atoms with Crippen molar-refractivity contribution in [1.82, 2.24) is 4.57 Å². The topological polar surface area (TPSA) is 4.93 Å². The average molecular weight is 365 g/mol. The minimum atomic E-state index is 0. The standard InChI is InChI=1S/C18H16N.2ClH.Ti/c1-13-10-11-16-15-8-5-9-17(15)19(18(16)12-13)14-6-3-2-4-7-14;;;/h2-7,10-12H,8-9H2,1H3;2*1H;/q-1;;;+3/p-2. The molecule has 1 nitrogen and oxygen atoms in total. The zero-order chi connectivity index (χ0) is 12.8. The first-order valence-electron chi connectivity index (χ1n) is 6.84. The van der Waals surface area contributed by atoms with Crippen LogP contribution < -0.4 is 24.8 Å². The molecule has 0 saturated heterocycles. The normalized spacial score (nSPS) is 12.0. The van der Waals surface area contributed by atoms with Gasteiger partial charge in [0.05, 0.1) is 5.52 Å². The second kappa shape index (κ2) is 7.70. The summed E-state index contributed by atoms with van der Waals surface area (Å²) in [5.41, 5.74) is 6.93. The molecule has 22 heavy (non-hydrogen) atoms. The van der Waals surface area contributed by atoms with Gasteiger partial charge in [-0.25, -0.2) is 0 Å². The van der Waals surface area contributed by atoms with Gasteiger partial charge in [-0.15, -0.1) is 6.42 Å². The third-order valence-corrected chi connectivity index (χ3v) is 4.04. The molecule has 1 aliphatic carbocycles. The van der Waals surface area contributed by atoms with E-state index in [1.54, 1.807) is 0 Å². The zero-order valence-corrected chi connectivity index (χ0v) is 15.4. The second-order valence-corrected chi connectivity index (χ2v) is 5.31. The van der Waals surface area contributed by atoms with E-state index in [1.807, 2.05) is 0 Å². The molecule has 0 aliphatic heterocycles. The summed E-state index contributed by atoms with van der Waals surface area (Å²) >= 11 is 0. The average Bonchev–Trinajstić information content (AvgIpc) is 2.99. The van der Waals surface area contributed by atoms with Crippen LogP contribution in [0, 0.1) is 13.3 Å². The Labute approximate surface area is 158 Å². The van der Waals surface area contributed by atoms with Gasteiger partial charge in [-0.1, -0.05) is 35.9 Å². The Kier molecular flexibility index (Phi) is 6.76. The fraction of sp³-hybridized carbons (Fsp3) is 0.167. The maximum Gasteiger partial charge on any atom is 3.00 e. The van der Waals surface area contributed by atoms with Crippen LogP contribution in [0.1, 0.15) is 16.8 Å². The molecule has 0 N–H and O–H groups in total. The van der Waals surface area contributed by atoms with Crippen molar-refractivity contribution >= 4 is 10.9 Å². The number of rotatable bonds is 1. The van der Waals surface area contributed by atoms with E-state index in [-0.39, 0.29) is 46.5 Å². The van der Waals surface area contributed by atoms with E-state index >= 15 is 0 Å². The zero-order valence-electron chi connectivity index (χ0n) is 12.3. The number of hydrogen-bond donors (Lipinski definition) is 0. The Morgan fingerprint density at radius 1 is 0.955 bits per heavy atom. The van der Waals surface area contributed by atoms with E-state index < -0.39 is 0 Å². The van der Waals surface area contributed by atoms with Crippen molar-refractivity contribution in [1.29, 1.82) is 0 Å². The Morgan fingerprint density at radius 2 is 1.68 bits per heavy atom. The van der Waals surface area contributed by atoms with Crippen molar-refractivity contribution in [3.05, 3.63) is 71.8 Å². The van der Waals surface area contributed by atoms with Crippen LogP contribution in [-0.2, 0) is 34.6 Å². The monoisotopic (exact) mass is 364 g/mol. The molecule has 0 unspecified atom stereocenters. The van der Waals surface area contributed by atoms with E-state index in [0.717, 1.165) is 12.8 Å². The SMILES string of the molecule is Cc1ccc2c3c(n(-c4ccccc4)c2c1)C[CH-]C3.[Cl-].[Cl-].[Ti+3]. The molecular weight excluding hydrogens is 349 g/mol. The fourth-order valence-electron chi connectivity index (χ4n) is 3.19. The number of fused-ring (bicyclic) bond motifs is 3. The smallest absolute Gasteiger partial charge is 1.00 e. The molecule has 0 spiro atoms. The first-order chi connectivity index (χ1) is 9.34. The van der Waals surface area contributed by atoms with Crippen molar-refractivity contribution in [3.63, 3.8) is 0 Å². The van der Waals surface area contributed by atoms with Crippen LogP contribution in [0.3, 0.4) is 0 Å². The largest absolute Gasteiger partial charge is 3.00 e. The van der Waals surface area contributed by atoms with Crippen molar-refractivity contribution in [2.75, 3.05) is 0 Å². The van der Waals surface area contributed by atoms with Crippen LogP contribution >= 0.6 is 0 Å². The third-order valence-electron chi connectivity index (χ3n) is 4.04. The van der Waals surface area contributed by atoms with Crippen LogP contribution in [0.4, 0.5) is 0 Å². The molecule has 1 heterocycles. The minimum absolute atomic E-state index is 0. The second-order valence-electron chi connectivity index (χ2n) is 5.31. The maximum absolute atomic E-state index is 2.43. The Hall–Kier alpha value is -0.726. The van der Waals surface area contributed by atoms with Gasteiger partial charge >= 0.3 is 21.7 Å². The molecule has 2 aromatic carbocycles. The van der Waals surface area contributed by atoms with Crippen LogP contribution in [0.5, 0.6) is 0 Å². The summed E-state index contributed by atoms with van der Waals surface area (Å²) in [5, 5.41) is 1.42. The number of nitrogens with zero attached hydrogens (tertiary/aromatic N) is 1. The van der Waals surface area contributed by atoms with Gasteiger partial charge in [-0.3, -0.25) is 0 Å². The van der Waals surface area contributed by atoms with E-state index in [9.17, 15) is 0 Å². The Balaban J connectivity index is 0.000000807. The van der Waals surface area contributed by atoms with Crippen molar-refractivity contribution in [2.24, 2.45) is 0 Å². The maximum atomic E-state index is 2.43. The summed E-state index contributed by atoms with van der Waals surface area (Å²) in [6, 6.07) is 17.5. The van der Waals surface area contributed by atoms with E-state index in [1.165, 1.54) is 33.4 Å². The molecule has 0 amide bonds. The molecule has 111 valence electrons. The van der Waals surface area contributed by atoms with Gasteiger partial charge in [0.15, 0.2) is 0 Å². The molecule has 4 rings (SSSR count). The molecule has 1 radical (unpaired) electrons. The van der Waals surface area contributed by atoms with Gasteiger partial charge in [0.1, 0.15) is 0 Å². The van der Waals surface area contributed by atoms with Gasteiger partial charge < -0.3 is 35.8 Å². The van der Waals surface area contributed by atoms with E-state index in [0.29, 0.717) is 0 Å². The first kappa shape index (κ1) is 19.3. The summed E-state index contributed by atoms with van der Waals surface area (Å²) < 4.78 is 2.43. The summed E-state index contributed by atoms with van der Waals surface area (Å²) in [7, 11) is 0. The molecule has 4 heteroatoms. The Bertz CT molecular complexity index is 766. The minimum Gasteiger partial charge on any atom is -1.00 e. The van der Waals surface area contributed by atoms with Crippen LogP contribution in [0.15, 0.2) is 48.5 Å². The fourth-order valence-corrected chi connectivity index (χ4v) is 3.19. The molecule has 0 atom stereocenters. The summed E-state index contributed by atoms with van der Waals surface area (Å²) in [5.74, 6) is 0. The van der Waals surface area contributed by atoms with Crippen molar-refractivity contribution in [2.45, 2.75) is 19.8 Å². The molecule has 0 fully saturated rings. The molecule has 0 bridgehead atoms. The number of aromatic nitrogens is 1. The van der Waals surface area contributed by atoms with Gasteiger partial charge in [0, 0.05) is 11.1 Å². The number of para-hydroxylation sites is 1. The van der Waals surface area contributed by atoms with Crippen LogP contribution in [0.2, 0.25) is 0 Å². The third kappa shape index (κ3) is 3.01. The molecule has 1 aliphatic rings. The van der Waals surface area contributed by atoms with E-state index in [2.05, 4.69) is 66.4 Å². The van der Waals surface area contributed by atoms with Crippen LogP contribution in [-0.4, -0.2) is 4.57 Å².